The summed E-state index contributed by atoms with van der Waals surface area (Å²) in [6, 6.07) is 0. The molecular weight excluding hydrogens is 182 g/mol. The molecule has 0 bridgehead atoms. The van der Waals surface area contributed by atoms with Gasteiger partial charge in [0, 0.05) is 19.0 Å². The zero-order valence-electron chi connectivity index (χ0n) is 8.48. The fraction of sp³-hybridized carbons (Fsp3) is 0.818. The van der Waals surface area contributed by atoms with E-state index in [2.05, 4.69) is 18.3 Å². The van der Waals surface area contributed by atoms with Crippen LogP contribution in [0, 0.1) is 5.41 Å². The molecule has 0 saturated heterocycles. The maximum absolute atomic E-state index is 5.52. The normalized spacial score (nSPS) is 21.4. The molecule has 0 amide bonds. The van der Waals surface area contributed by atoms with E-state index in [1.807, 2.05) is 6.08 Å². The second-order valence-corrected chi connectivity index (χ2v) is 4.58. The smallest absolute Gasteiger partial charge is 0.0404 e. The van der Waals surface area contributed by atoms with Crippen LogP contribution >= 0.6 is 11.6 Å². The lowest BCUT2D eigenvalue weighted by molar-refractivity contribution is 0.321. The minimum Gasteiger partial charge on any atom is -0.313 e. The van der Waals surface area contributed by atoms with Gasteiger partial charge in [-0.15, -0.1) is 11.6 Å². The second-order valence-electron chi connectivity index (χ2n) is 4.27. The Morgan fingerprint density at radius 2 is 2.00 bits per heavy atom. The summed E-state index contributed by atoms with van der Waals surface area (Å²) < 4.78 is 0. The van der Waals surface area contributed by atoms with Crippen molar-refractivity contribution in [2.75, 3.05) is 19.0 Å². The zero-order valence-corrected chi connectivity index (χ0v) is 9.24. The summed E-state index contributed by atoms with van der Waals surface area (Å²) >= 11 is 5.52. The highest BCUT2D eigenvalue weighted by molar-refractivity contribution is 6.18. The number of nitrogens with one attached hydrogen (secondary N) is 1. The van der Waals surface area contributed by atoms with Gasteiger partial charge in [0.15, 0.2) is 0 Å². The average molecular weight is 202 g/mol. The van der Waals surface area contributed by atoms with Crippen molar-refractivity contribution < 1.29 is 0 Å². The van der Waals surface area contributed by atoms with Crippen molar-refractivity contribution in [3.05, 3.63) is 12.2 Å². The lowest BCUT2D eigenvalue weighted by Crippen LogP contribution is -2.29. The maximum atomic E-state index is 5.52. The number of hydrogen-bond acceptors (Lipinski definition) is 1. The first-order chi connectivity index (χ1) is 6.27. The SMILES string of the molecule is CC1(CNC/C=C/CCl)CCCC1. The first kappa shape index (κ1) is 11.1. The number of alkyl halides is 1. The fourth-order valence-corrected chi connectivity index (χ4v) is 2.13. The molecule has 0 radical (unpaired) electrons. The third kappa shape index (κ3) is 4.15. The molecule has 0 aromatic heterocycles. The molecule has 0 heterocycles. The molecular formula is C11H20ClN. The van der Waals surface area contributed by atoms with E-state index in [9.17, 15) is 0 Å². The third-order valence-electron chi connectivity index (χ3n) is 2.88. The van der Waals surface area contributed by atoms with Crippen molar-refractivity contribution in [2.24, 2.45) is 5.41 Å². The second kappa shape index (κ2) is 5.66. The molecule has 76 valence electrons. The monoisotopic (exact) mass is 201 g/mol. The quantitative estimate of drug-likeness (QED) is 0.410. The van der Waals surface area contributed by atoms with Crippen LogP contribution in [0.15, 0.2) is 12.2 Å². The van der Waals surface area contributed by atoms with Gasteiger partial charge < -0.3 is 5.32 Å². The van der Waals surface area contributed by atoms with Crippen LogP contribution in [0.1, 0.15) is 32.6 Å². The van der Waals surface area contributed by atoms with Gasteiger partial charge in [0.1, 0.15) is 0 Å². The molecule has 0 aliphatic heterocycles. The lowest BCUT2D eigenvalue weighted by Gasteiger charge is -2.23. The number of rotatable bonds is 5. The lowest BCUT2D eigenvalue weighted by atomic mass is 9.89. The summed E-state index contributed by atoms with van der Waals surface area (Å²) in [7, 11) is 0. The van der Waals surface area contributed by atoms with Crippen LogP contribution in [0.3, 0.4) is 0 Å². The molecule has 1 aliphatic rings. The molecule has 1 aliphatic carbocycles. The largest absolute Gasteiger partial charge is 0.313 e. The highest BCUT2D eigenvalue weighted by atomic mass is 35.5. The van der Waals surface area contributed by atoms with Crippen molar-refractivity contribution in [1.29, 1.82) is 0 Å². The van der Waals surface area contributed by atoms with E-state index in [1.54, 1.807) is 0 Å². The molecule has 0 aromatic carbocycles. The number of allylic oxidation sites excluding steroid dienone is 1. The van der Waals surface area contributed by atoms with E-state index in [-0.39, 0.29) is 0 Å². The average Bonchev–Trinajstić information content (AvgIpc) is 2.53. The maximum Gasteiger partial charge on any atom is 0.0404 e. The summed E-state index contributed by atoms with van der Waals surface area (Å²) in [5.41, 5.74) is 0.564. The van der Waals surface area contributed by atoms with Gasteiger partial charge >= 0.3 is 0 Å². The predicted octanol–water partition coefficient (Wildman–Crippen LogP) is 2.95. The Morgan fingerprint density at radius 3 is 2.62 bits per heavy atom. The Labute approximate surface area is 86.5 Å². The molecule has 0 atom stereocenters. The van der Waals surface area contributed by atoms with Crippen molar-refractivity contribution in [2.45, 2.75) is 32.6 Å². The molecule has 0 aromatic rings. The Bertz CT molecular complexity index is 159. The first-order valence-corrected chi connectivity index (χ1v) is 5.72. The number of hydrogen-bond donors (Lipinski definition) is 1. The summed E-state index contributed by atoms with van der Waals surface area (Å²) in [5, 5.41) is 3.46. The van der Waals surface area contributed by atoms with E-state index >= 15 is 0 Å². The number of halogens is 1. The molecule has 1 nitrogen and oxygen atoms in total. The van der Waals surface area contributed by atoms with Crippen LogP contribution in [0.5, 0.6) is 0 Å². The zero-order chi connectivity index (χ0) is 9.57. The Kier molecular flexibility index (Phi) is 4.82. The third-order valence-corrected chi connectivity index (χ3v) is 3.06. The first-order valence-electron chi connectivity index (χ1n) is 5.18. The topological polar surface area (TPSA) is 12.0 Å². The van der Waals surface area contributed by atoms with E-state index in [0.717, 1.165) is 13.1 Å². The van der Waals surface area contributed by atoms with Crippen LogP contribution < -0.4 is 5.32 Å². The molecule has 1 rings (SSSR count). The van der Waals surface area contributed by atoms with Gasteiger partial charge in [0.2, 0.25) is 0 Å². The van der Waals surface area contributed by atoms with Crippen LogP contribution in [-0.2, 0) is 0 Å². The van der Waals surface area contributed by atoms with Gasteiger partial charge in [-0.2, -0.15) is 0 Å². The van der Waals surface area contributed by atoms with Gasteiger partial charge in [0.05, 0.1) is 0 Å². The Morgan fingerprint density at radius 1 is 1.31 bits per heavy atom. The van der Waals surface area contributed by atoms with Gasteiger partial charge in [-0.1, -0.05) is 31.9 Å². The van der Waals surface area contributed by atoms with Gasteiger partial charge in [-0.05, 0) is 18.3 Å². The minimum absolute atomic E-state index is 0.564. The van der Waals surface area contributed by atoms with Crippen molar-refractivity contribution >= 4 is 11.6 Å². The van der Waals surface area contributed by atoms with Crippen LogP contribution in [0.2, 0.25) is 0 Å². The standard InChI is InChI=1S/C11H20ClN/c1-11(6-2-3-7-11)10-13-9-5-4-8-12/h4-5,13H,2-3,6-10H2,1H3/b5-4+. The molecule has 0 spiro atoms. The van der Waals surface area contributed by atoms with Gasteiger partial charge in [-0.3, -0.25) is 0 Å². The summed E-state index contributed by atoms with van der Waals surface area (Å²) in [6.45, 7) is 4.50. The van der Waals surface area contributed by atoms with E-state index in [4.69, 9.17) is 11.6 Å². The highest BCUT2D eigenvalue weighted by Gasteiger charge is 2.27. The van der Waals surface area contributed by atoms with Crippen molar-refractivity contribution in [3.8, 4) is 0 Å². The molecule has 1 N–H and O–H groups in total. The van der Waals surface area contributed by atoms with Gasteiger partial charge in [-0.25, -0.2) is 0 Å². The molecule has 0 unspecified atom stereocenters. The van der Waals surface area contributed by atoms with Crippen LogP contribution in [-0.4, -0.2) is 19.0 Å². The predicted molar refractivity (Wildman–Crippen MR) is 59.3 cm³/mol. The van der Waals surface area contributed by atoms with E-state index < -0.39 is 0 Å². The Balaban J connectivity index is 2.07. The molecule has 13 heavy (non-hydrogen) atoms. The Hall–Kier alpha value is -0.0100. The summed E-state index contributed by atoms with van der Waals surface area (Å²) in [5.74, 6) is 0.624. The van der Waals surface area contributed by atoms with Gasteiger partial charge in [0.25, 0.3) is 0 Å². The van der Waals surface area contributed by atoms with Crippen LogP contribution in [0.25, 0.3) is 0 Å². The van der Waals surface area contributed by atoms with E-state index in [0.29, 0.717) is 11.3 Å². The minimum atomic E-state index is 0.564. The van der Waals surface area contributed by atoms with Crippen molar-refractivity contribution in [1.82, 2.24) is 5.32 Å². The van der Waals surface area contributed by atoms with E-state index in [1.165, 1.54) is 25.7 Å². The molecule has 1 fully saturated rings. The molecule has 2 heteroatoms. The van der Waals surface area contributed by atoms with Crippen LogP contribution in [0.4, 0.5) is 0 Å². The summed E-state index contributed by atoms with van der Waals surface area (Å²) in [4.78, 5) is 0. The highest BCUT2D eigenvalue weighted by Crippen LogP contribution is 2.36. The molecule has 1 saturated carbocycles. The summed E-state index contributed by atoms with van der Waals surface area (Å²) in [6.07, 6.45) is 9.70. The fourth-order valence-electron chi connectivity index (χ4n) is 2.01. The van der Waals surface area contributed by atoms with Crippen molar-refractivity contribution in [3.63, 3.8) is 0 Å².